The highest BCUT2D eigenvalue weighted by molar-refractivity contribution is 7.92. The molecule has 0 unspecified atom stereocenters. The van der Waals surface area contributed by atoms with Crippen molar-refractivity contribution < 1.29 is 17.9 Å². The van der Waals surface area contributed by atoms with Crippen LogP contribution in [0.15, 0.2) is 77.7 Å². The summed E-state index contributed by atoms with van der Waals surface area (Å²) in [6.07, 6.45) is 0. The number of para-hydroxylation sites is 1. The molecule has 174 valence electrons. The minimum atomic E-state index is -3.97. The van der Waals surface area contributed by atoms with E-state index >= 15 is 0 Å². The average Bonchev–Trinajstić information content (AvgIpc) is 2.80. The number of nitrogens with zero attached hydrogens (tertiary/aromatic N) is 1. The first-order valence-electron chi connectivity index (χ1n) is 10.9. The van der Waals surface area contributed by atoms with Crippen LogP contribution in [0.25, 0.3) is 0 Å². The fourth-order valence-corrected chi connectivity index (χ4v) is 5.00. The third kappa shape index (κ3) is 5.73. The minimum Gasteiger partial charge on any atom is -0.494 e. The summed E-state index contributed by atoms with van der Waals surface area (Å²) in [5.74, 6) is 0.416. The monoisotopic (exact) mass is 466 g/mol. The van der Waals surface area contributed by atoms with Crippen molar-refractivity contribution in [1.29, 1.82) is 0 Å². The molecule has 3 aromatic rings. The summed E-state index contributed by atoms with van der Waals surface area (Å²) in [6.45, 7) is 8.04. The number of anilines is 2. The Kier molecular flexibility index (Phi) is 7.76. The van der Waals surface area contributed by atoms with Crippen molar-refractivity contribution in [2.75, 3.05) is 22.8 Å². The van der Waals surface area contributed by atoms with Crippen LogP contribution in [0.2, 0.25) is 0 Å². The van der Waals surface area contributed by atoms with E-state index < -0.39 is 15.9 Å². The van der Waals surface area contributed by atoms with Crippen molar-refractivity contribution in [1.82, 2.24) is 0 Å². The zero-order chi connectivity index (χ0) is 24.0. The maximum absolute atomic E-state index is 13.5. The second-order valence-corrected chi connectivity index (χ2v) is 9.86. The Morgan fingerprint density at radius 3 is 2.24 bits per heavy atom. The molecule has 3 aromatic carbocycles. The number of sulfonamides is 1. The van der Waals surface area contributed by atoms with Crippen molar-refractivity contribution in [3.05, 3.63) is 83.9 Å². The van der Waals surface area contributed by atoms with E-state index in [1.807, 2.05) is 32.0 Å². The van der Waals surface area contributed by atoms with Gasteiger partial charge >= 0.3 is 0 Å². The first kappa shape index (κ1) is 24.3. The standard InChI is InChI=1S/C26H30N2O4S/c1-5-32-22-16-14-21(15-17-22)28(33(30,31)23-11-7-6-8-12-23)18-25(29)27-26-20(4)10-9-13-24(26)19(2)3/h6-17,19H,5,18H2,1-4H3,(H,27,29). The zero-order valence-corrected chi connectivity index (χ0v) is 20.2. The summed E-state index contributed by atoms with van der Waals surface area (Å²) in [7, 11) is -3.97. The van der Waals surface area contributed by atoms with Crippen LogP contribution in [0.4, 0.5) is 11.4 Å². The van der Waals surface area contributed by atoms with E-state index in [0.717, 1.165) is 21.1 Å². The van der Waals surface area contributed by atoms with Crippen LogP contribution in [-0.4, -0.2) is 27.5 Å². The number of hydrogen-bond acceptors (Lipinski definition) is 4. The molecule has 3 rings (SSSR count). The molecule has 33 heavy (non-hydrogen) atoms. The van der Waals surface area contributed by atoms with Gasteiger partial charge in [-0.3, -0.25) is 9.10 Å². The minimum absolute atomic E-state index is 0.116. The molecule has 0 atom stereocenters. The van der Waals surface area contributed by atoms with Gasteiger partial charge in [-0.1, -0.05) is 50.2 Å². The second-order valence-electron chi connectivity index (χ2n) is 7.99. The van der Waals surface area contributed by atoms with Crippen molar-refractivity contribution in [2.45, 2.75) is 38.5 Å². The Hall–Kier alpha value is -3.32. The normalized spacial score (nSPS) is 11.3. The molecule has 0 spiro atoms. The van der Waals surface area contributed by atoms with Gasteiger partial charge in [0.2, 0.25) is 5.91 Å². The number of aryl methyl sites for hydroxylation is 1. The van der Waals surface area contributed by atoms with Gasteiger partial charge in [0.15, 0.2) is 0 Å². The van der Waals surface area contributed by atoms with Crippen molar-refractivity contribution >= 4 is 27.3 Å². The summed E-state index contributed by atoms with van der Waals surface area (Å²) in [6, 6.07) is 20.6. The van der Waals surface area contributed by atoms with Gasteiger partial charge in [0.05, 0.1) is 17.2 Å². The van der Waals surface area contributed by atoms with Crippen LogP contribution in [0, 0.1) is 6.92 Å². The number of benzene rings is 3. The molecule has 1 N–H and O–H groups in total. The highest BCUT2D eigenvalue weighted by Gasteiger charge is 2.27. The summed E-state index contributed by atoms with van der Waals surface area (Å²) in [5, 5.41) is 2.95. The van der Waals surface area contributed by atoms with Crippen LogP contribution < -0.4 is 14.4 Å². The zero-order valence-electron chi connectivity index (χ0n) is 19.4. The predicted molar refractivity (Wildman–Crippen MR) is 132 cm³/mol. The van der Waals surface area contributed by atoms with Gasteiger partial charge in [-0.25, -0.2) is 8.42 Å². The van der Waals surface area contributed by atoms with Gasteiger partial charge in [-0.15, -0.1) is 0 Å². The fraction of sp³-hybridized carbons (Fsp3) is 0.269. The molecule has 0 aliphatic carbocycles. The number of hydrogen-bond donors (Lipinski definition) is 1. The maximum Gasteiger partial charge on any atom is 0.264 e. The molecule has 0 fully saturated rings. The third-order valence-electron chi connectivity index (χ3n) is 5.25. The van der Waals surface area contributed by atoms with E-state index in [9.17, 15) is 13.2 Å². The molecule has 0 saturated carbocycles. The Bertz CT molecular complexity index is 1190. The van der Waals surface area contributed by atoms with Crippen LogP contribution >= 0.6 is 0 Å². The van der Waals surface area contributed by atoms with E-state index in [1.54, 1.807) is 42.5 Å². The SMILES string of the molecule is CCOc1ccc(N(CC(=O)Nc2c(C)cccc2C(C)C)S(=O)(=O)c2ccccc2)cc1. The Labute approximate surface area is 196 Å². The number of rotatable bonds is 9. The van der Waals surface area contributed by atoms with Crippen LogP contribution in [0.3, 0.4) is 0 Å². The number of amides is 1. The van der Waals surface area contributed by atoms with E-state index in [4.69, 9.17) is 4.74 Å². The van der Waals surface area contributed by atoms with Crippen LogP contribution in [-0.2, 0) is 14.8 Å². The molecule has 0 heterocycles. The average molecular weight is 467 g/mol. The van der Waals surface area contributed by atoms with Gasteiger partial charge < -0.3 is 10.1 Å². The topological polar surface area (TPSA) is 75.7 Å². The number of carbonyl (C=O) groups excluding carboxylic acids is 1. The van der Waals surface area contributed by atoms with E-state index in [1.165, 1.54) is 12.1 Å². The van der Waals surface area contributed by atoms with Gasteiger partial charge in [-0.05, 0) is 67.3 Å². The summed E-state index contributed by atoms with van der Waals surface area (Å²) in [4.78, 5) is 13.2. The van der Waals surface area contributed by atoms with E-state index in [-0.39, 0.29) is 17.4 Å². The highest BCUT2D eigenvalue weighted by atomic mass is 32.2. The van der Waals surface area contributed by atoms with Gasteiger partial charge in [0.1, 0.15) is 12.3 Å². The van der Waals surface area contributed by atoms with E-state index in [2.05, 4.69) is 19.2 Å². The summed E-state index contributed by atoms with van der Waals surface area (Å²) >= 11 is 0. The first-order chi connectivity index (χ1) is 15.7. The van der Waals surface area contributed by atoms with Crippen LogP contribution in [0.5, 0.6) is 5.75 Å². The Morgan fingerprint density at radius 1 is 0.970 bits per heavy atom. The van der Waals surface area contributed by atoms with Crippen LogP contribution in [0.1, 0.15) is 37.8 Å². The quantitative estimate of drug-likeness (QED) is 0.461. The fourth-order valence-electron chi connectivity index (χ4n) is 3.56. The third-order valence-corrected chi connectivity index (χ3v) is 7.03. The lowest BCUT2D eigenvalue weighted by atomic mass is 9.98. The summed E-state index contributed by atoms with van der Waals surface area (Å²) in [5.41, 5.74) is 3.03. The molecule has 0 radical (unpaired) electrons. The molecular formula is C26H30N2O4S. The van der Waals surface area contributed by atoms with Crippen molar-refractivity contribution in [3.8, 4) is 5.75 Å². The lowest BCUT2D eigenvalue weighted by molar-refractivity contribution is -0.114. The van der Waals surface area contributed by atoms with Gasteiger partial charge in [0.25, 0.3) is 10.0 Å². The largest absolute Gasteiger partial charge is 0.494 e. The Morgan fingerprint density at radius 2 is 1.64 bits per heavy atom. The molecule has 0 saturated heterocycles. The van der Waals surface area contributed by atoms with Crippen molar-refractivity contribution in [2.24, 2.45) is 0 Å². The summed E-state index contributed by atoms with van der Waals surface area (Å²) < 4.78 is 33.6. The molecule has 0 aromatic heterocycles. The smallest absolute Gasteiger partial charge is 0.264 e. The van der Waals surface area contributed by atoms with Gasteiger partial charge in [-0.2, -0.15) is 0 Å². The first-order valence-corrected chi connectivity index (χ1v) is 12.4. The molecule has 1 amide bonds. The highest BCUT2D eigenvalue weighted by Crippen LogP contribution is 2.29. The molecule has 7 heteroatoms. The predicted octanol–water partition coefficient (Wildman–Crippen LogP) is 5.35. The molecule has 0 aliphatic rings. The molecular weight excluding hydrogens is 436 g/mol. The maximum atomic E-state index is 13.5. The van der Waals surface area contributed by atoms with E-state index in [0.29, 0.717) is 18.0 Å². The van der Waals surface area contributed by atoms with Crippen molar-refractivity contribution in [3.63, 3.8) is 0 Å². The number of ether oxygens (including phenoxy) is 1. The lowest BCUT2D eigenvalue weighted by Crippen LogP contribution is -2.38. The number of carbonyl (C=O) groups is 1. The second kappa shape index (κ2) is 10.5. The Balaban J connectivity index is 1.96. The number of nitrogens with one attached hydrogen (secondary N) is 1. The molecule has 0 bridgehead atoms. The molecule has 0 aliphatic heterocycles. The van der Waals surface area contributed by atoms with Gasteiger partial charge in [0, 0.05) is 5.69 Å². The lowest BCUT2D eigenvalue weighted by Gasteiger charge is -2.25. The molecule has 6 nitrogen and oxygen atoms in total.